The van der Waals surface area contributed by atoms with Crippen LogP contribution >= 0.6 is 0 Å². The Morgan fingerprint density at radius 2 is 1.77 bits per heavy atom. The highest BCUT2D eigenvalue weighted by Crippen LogP contribution is 2.37. The fourth-order valence-electron chi connectivity index (χ4n) is 5.13. The Hall–Kier alpha value is -1.58. The molecule has 0 saturated carbocycles. The third-order valence-corrected chi connectivity index (χ3v) is 7.30. The number of carboxylic acids is 1. The maximum atomic E-state index is 12.5. The third-order valence-electron chi connectivity index (χ3n) is 7.30. The fraction of sp³-hybridized carbons (Fsp3) is 0.913. The molecule has 17 nitrogen and oxygen atoms in total. The summed E-state index contributed by atoms with van der Waals surface area (Å²) >= 11 is 0. The number of nitrogens with two attached hydrogens (primary N) is 1. The quantitative estimate of drug-likeness (QED) is 0.115. The lowest BCUT2D eigenvalue weighted by atomic mass is 9.89. The number of ether oxygens (including phenoxy) is 5. The molecule has 0 aromatic rings. The van der Waals surface area contributed by atoms with Crippen LogP contribution in [0.2, 0.25) is 0 Å². The summed E-state index contributed by atoms with van der Waals surface area (Å²) < 4.78 is 27.9. The largest absolute Gasteiger partial charge is 0.477 e. The van der Waals surface area contributed by atoms with Gasteiger partial charge in [0.15, 0.2) is 6.29 Å². The minimum Gasteiger partial charge on any atom is -0.477 e. The van der Waals surface area contributed by atoms with Crippen molar-refractivity contribution in [2.75, 3.05) is 19.8 Å². The first-order chi connectivity index (χ1) is 18.7. The lowest BCUT2D eigenvalue weighted by Gasteiger charge is -2.49. The normalized spacial score (nSPS) is 45.0. The molecule has 8 unspecified atom stereocenters. The van der Waals surface area contributed by atoms with E-state index in [1.54, 1.807) is 6.92 Å². The van der Waals surface area contributed by atoms with Gasteiger partial charge >= 0.3 is 5.97 Å². The maximum Gasteiger partial charge on any atom is 0.364 e. The molecule has 3 rings (SSSR count). The number of carbonyl (C=O) groups excluding carboxylic acids is 1. The van der Waals surface area contributed by atoms with Crippen molar-refractivity contribution in [3.63, 3.8) is 0 Å². The molecule has 3 aliphatic heterocycles. The van der Waals surface area contributed by atoms with Crippen molar-refractivity contribution in [2.45, 2.75) is 112 Å². The molecule has 17 heteroatoms. The Labute approximate surface area is 229 Å². The van der Waals surface area contributed by atoms with E-state index in [4.69, 9.17) is 29.4 Å². The average molecular weight is 585 g/mol. The number of aliphatic hydroxyl groups is 7. The first-order valence-corrected chi connectivity index (χ1v) is 12.9. The molecule has 1 amide bonds. The van der Waals surface area contributed by atoms with Crippen LogP contribution < -0.4 is 11.1 Å². The molecule has 3 fully saturated rings. The SMILES string of the molecule is CC(=O)N[C@@H]1C(O)CC(O[C@H]2C(O)CO[C@@H](O[C@H]3C(O)C(CO)O[C@H](C)C3N)C2O)(C(=O)O)OC1C[C@H](O)CO. The summed E-state index contributed by atoms with van der Waals surface area (Å²) in [7, 11) is 0. The van der Waals surface area contributed by atoms with Gasteiger partial charge in [0.2, 0.25) is 5.91 Å². The fourth-order valence-corrected chi connectivity index (χ4v) is 5.13. The molecule has 3 heterocycles. The molecule has 11 N–H and O–H groups in total. The van der Waals surface area contributed by atoms with Crippen LogP contribution in [-0.4, -0.2) is 158 Å². The average Bonchev–Trinajstić information content (AvgIpc) is 2.89. The number of nitrogens with one attached hydrogen (secondary N) is 1. The molecule has 3 saturated heterocycles. The summed E-state index contributed by atoms with van der Waals surface area (Å²) in [5.74, 6) is -5.02. The van der Waals surface area contributed by atoms with Crippen molar-refractivity contribution in [3.05, 3.63) is 0 Å². The molecule has 0 aliphatic carbocycles. The van der Waals surface area contributed by atoms with Gasteiger partial charge < -0.3 is 75.6 Å². The summed E-state index contributed by atoms with van der Waals surface area (Å²) in [6, 6.07) is -2.11. The van der Waals surface area contributed by atoms with Crippen molar-refractivity contribution in [1.82, 2.24) is 5.32 Å². The second-order valence-electron chi connectivity index (χ2n) is 10.4. The molecule has 40 heavy (non-hydrogen) atoms. The monoisotopic (exact) mass is 584 g/mol. The van der Waals surface area contributed by atoms with Gasteiger partial charge in [-0.05, 0) is 6.92 Å². The molecule has 3 aliphatic rings. The zero-order valence-corrected chi connectivity index (χ0v) is 22.1. The minimum atomic E-state index is -2.69. The van der Waals surface area contributed by atoms with E-state index in [9.17, 15) is 50.4 Å². The Balaban J connectivity index is 1.84. The standard InChI is InChI=1S/C23H40N2O15/c1-8-15(24)20(17(32)14(6-27)37-8)38-21-18(33)19(12(31)7-36-21)40-23(22(34)35)4-11(30)16(25-9(2)28)13(39-23)3-10(29)5-26/h8,10-21,26-27,29-33H,3-7,24H2,1-2H3,(H,25,28)(H,34,35)/t8-,10+,11?,12?,13?,14?,15?,16-,17?,18?,19+,20-,21+,23?/m1/s1. The van der Waals surface area contributed by atoms with E-state index < -0.39 is 130 Å². The van der Waals surface area contributed by atoms with Gasteiger partial charge in [0.1, 0.15) is 36.6 Å². The van der Waals surface area contributed by atoms with Crippen molar-refractivity contribution in [3.8, 4) is 0 Å². The molecule has 14 atom stereocenters. The van der Waals surface area contributed by atoms with Gasteiger partial charge in [0.25, 0.3) is 5.79 Å². The first kappa shape index (κ1) is 32.9. The molecular weight excluding hydrogens is 544 g/mol. The molecule has 0 aromatic carbocycles. The van der Waals surface area contributed by atoms with Crippen molar-refractivity contribution in [2.24, 2.45) is 5.73 Å². The summed E-state index contributed by atoms with van der Waals surface area (Å²) in [6.45, 7) is 0.948. The van der Waals surface area contributed by atoms with E-state index in [1.807, 2.05) is 0 Å². The number of aliphatic carboxylic acids is 1. The van der Waals surface area contributed by atoms with Crippen LogP contribution in [0.3, 0.4) is 0 Å². The number of hydrogen-bond acceptors (Lipinski definition) is 15. The van der Waals surface area contributed by atoms with Crippen molar-refractivity contribution in [1.29, 1.82) is 0 Å². The number of hydrogen-bond donors (Lipinski definition) is 10. The third kappa shape index (κ3) is 7.06. The summed E-state index contributed by atoms with van der Waals surface area (Å²) in [5.41, 5.74) is 6.09. The second-order valence-corrected chi connectivity index (χ2v) is 10.4. The van der Waals surface area contributed by atoms with Gasteiger partial charge in [-0.3, -0.25) is 4.79 Å². The van der Waals surface area contributed by atoms with Crippen LogP contribution in [0.15, 0.2) is 0 Å². The van der Waals surface area contributed by atoms with Crippen LogP contribution in [0.4, 0.5) is 0 Å². The summed E-state index contributed by atoms with van der Waals surface area (Å²) in [5, 5.41) is 84.2. The highest BCUT2D eigenvalue weighted by atomic mass is 16.7. The summed E-state index contributed by atoms with van der Waals surface area (Å²) in [4.78, 5) is 24.1. The van der Waals surface area contributed by atoms with Crippen LogP contribution in [0.25, 0.3) is 0 Å². The number of carboxylic acid groups (broad SMARTS) is 1. The number of rotatable bonds is 10. The highest BCUT2D eigenvalue weighted by Gasteiger charge is 2.57. The Kier molecular flexibility index (Phi) is 11.2. The van der Waals surface area contributed by atoms with E-state index in [1.165, 1.54) is 0 Å². The smallest absolute Gasteiger partial charge is 0.364 e. The van der Waals surface area contributed by atoms with Gasteiger partial charge in [-0.15, -0.1) is 0 Å². The van der Waals surface area contributed by atoms with Crippen LogP contribution in [0.1, 0.15) is 26.7 Å². The van der Waals surface area contributed by atoms with Gasteiger partial charge in [-0.1, -0.05) is 0 Å². The minimum absolute atomic E-state index is 0.411. The van der Waals surface area contributed by atoms with Gasteiger partial charge in [0.05, 0.1) is 56.3 Å². The van der Waals surface area contributed by atoms with Gasteiger partial charge in [-0.2, -0.15) is 0 Å². The molecule has 0 radical (unpaired) electrons. The van der Waals surface area contributed by atoms with Crippen LogP contribution in [0, 0.1) is 0 Å². The number of amides is 1. The lowest BCUT2D eigenvalue weighted by Crippen LogP contribution is -2.68. The predicted octanol–water partition coefficient (Wildman–Crippen LogP) is -5.52. The molecule has 0 bridgehead atoms. The van der Waals surface area contributed by atoms with E-state index >= 15 is 0 Å². The molecule has 232 valence electrons. The van der Waals surface area contributed by atoms with E-state index in [2.05, 4.69) is 5.32 Å². The van der Waals surface area contributed by atoms with Gasteiger partial charge in [0, 0.05) is 19.8 Å². The lowest BCUT2D eigenvalue weighted by molar-refractivity contribution is -0.361. The zero-order valence-electron chi connectivity index (χ0n) is 22.1. The Morgan fingerprint density at radius 3 is 2.35 bits per heavy atom. The zero-order chi connectivity index (χ0) is 29.9. The molecule has 0 spiro atoms. The first-order valence-electron chi connectivity index (χ1n) is 12.9. The second kappa shape index (κ2) is 13.6. The van der Waals surface area contributed by atoms with Crippen molar-refractivity contribution < 1.29 is 74.1 Å². The highest BCUT2D eigenvalue weighted by molar-refractivity contribution is 5.76. The van der Waals surface area contributed by atoms with E-state index in [-0.39, 0.29) is 0 Å². The van der Waals surface area contributed by atoms with Crippen LogP contribution in [0.5, 0.6) is 0 Å². The molecular formula is C23H40N2O15. The number of carbonyl (C=O) groups is 2. The number of aliphatic hydroxyl groups excluding tert-OH is 7. The van der Waals surface area contributed by atoms with Crippen LogP contribution in [-0.2, 0) is 33.3 Å². The maximum absolute atomic E-state index is 12.5. The van der Waals surface area contributed by atoms with E-state index in [0.717, 1.165) is 6.92 Å². The van der Waals surface area contributed by atoms with Gasteiger partial charge in [-0.25, -0.2) is 4.79 Å². The van der Waals surface area contributed by atoms with Crippen molar-refractivity contribution >= 4 is 11.9 Å². The molecule has 0 aromatic heterocycles. The Bertz CT molecular complexity index is 868. The van der Waals surface area contributed by atoms with E-state index in [0.29, 0.717) is 0 Å². The summed E-state index contributed by atoms with van der Waals surface area (Å²) in [6.07, 6.45) is -16.7. The predicted molar refractivity (Wildman–Crippen MR) is 128 cm³/mol. The topological polar surface area (TPSA) is 280 Å². The Morgan fingerprint density at radius 1 is 1.10 bits per heavy atom.